The zero-order chi connectivity index (χ0) is 22.3. The first kappa shape index (κ1) is 21.7. The van der Waals surface area contributed by atoms with Gasteiger partial charge in [0.05, 0.1) is 28.8 Å². The monoisotopic (exact) mass is 475 g/mol. The minimum absolute atomic E-state index is 0.200. The molecule has 0 spiro atoms. The molecule has 1 unspecified atom stereocenters. The largest absolute Gasteiger partial charge is 0.379 e. The Balaban J connectivity index is 1.76. The van der Waals surface area contributed by atoms with Crippen LogP contribution in [0.4, 0.5) is 5.69 Å². The Hall–Kier alpha value is -2.56. The summed E-state index contributed by atoms with van der Waals surface area (Å²) in [4.78, 5) is 28.4. The van der Waals surface area contributed by atoms with E-state index in [0.717, 1.165) is 5.52 Å². The highest BCUT2D eigenvalue weighted by Gasteiger charge is 2.40. The summed E-state index contributed by atoms with van der Waals surface area (Å²) in [6.07, 6.45) is 0.478. The maximum atomic E-state index is 13.3. The van der Waals surface area contributed by atoms with Gasteiger partial charge in [0.2, 0.25) is 0 Å². The molecule has 1 aliphatic heterocycles. The molecular weight excluding hydrogens is 461 g/mol. The quantitative estimate of drug-likeness (QED) is 0.402. The highest BCUT2D eigenvalue weighted by molar-refractivity contribution is 6.67. The molecule has 1 aromatic heterocycles. The summed E-state index contributed by atoms with van der Waals surface area (Å²) in [6, 6.07) is 9.80. The van der Waals surface area contributed by atoms with Crippen LogP contribution in [0.2, 0.25) is 10.0 Å². The molecule has 0 saturated carbocycles. The smallest absolute Gasteiger partial charge is 0.268 e. The van der Waals surface area contributed by atoms with Crippen molar-refractivity contribution in [1.82, 2.24) is 9.88 Å². The van der Waals surface area contributed by atoms with E-state index in [1.165, 1.54) is 6.07 Å². The summed E-state index contributed by atoms with van der Waals surface area (Å²) >= 11 is 18.0. The number of hydrogen-bond donors (Lipinski definition) is 1. The van der Waals surface area contributed by atoms with Crippen LogP contribution in [0, 0.1) is 6.57 Å². The van der Waals surface area contributed by atoms with Gasteiger partial charge in [0.15, 0.2) is 5.69 Å². The second kappa shape index (κ2) is 8.18. The van der Waals surface area contributed by atoms with Gasteiger partial charge >= 0.3 is 0 Å². The van der Waals surface area contributed by atoms with Gasteiger partial charge in [0, 0.05) is 30.1 Å². The number of carbonyl (C=O) groups excluding carboxylic acids is 2. The van der Waals surface area contributed by atoms with Gasteiger partial charge in [-0.3, -0.25) is 9.59 Å². The normalized spacial score (nSPS) is 18.2. The van der Waals surface area contributed by atoms with Crippen molar-refractivity contribution in [2.75, 3.05) is 13.2 Å². The van der Waals surface area contributed by atoms with Gasteiger partial charge in [0.1, 0.15) is 5.69 Å². The Morgan fingerprint density at radius 2 is 2.00 bits per heavy atom. The Morgan fingerprint density at radius 1 is 1.23 bits per heavy atom. The van der Waals surface area contributed by atoms with E-state index in [9.17, 15) is 9.59 Å². The number of nitrogens with zero attached hydrogens (tertiary/aromatic N) is 2. The second-order valence-electron chi connectivity index (χ2n) is 7.34. The van der Waals surface area contributed by atoms with Crippen LogP contribution < -0.4 is 5.32 Å². The van der Waals surface area contributed by atoms with Crippen LogP contribution >= 0.6 is 34.8 Å². The van der Waals surface area contributed by atoms with E-state index >= 15 is 0 Å². The lowest BCUT2D eigenvalue weighted by atomic mass is 9.87. The molecule has 6 nitrogen and oxygen atoms in total. The molecule has 0 bridgehead atoms. The summed E-state index contributed by atoms with van der Waals surface area (Å²) in [5, 5.41) is 3.87. The van der Waals surface area contributed by atoms with Crippen molar-refractivity contribution < 1.29 is 14.3 Å². The van der Waals surface area contributed by atoms with Gasteiger partial charge in [0.25, 0.3) is 11.1 Å². The number of halogens is 3. The van der Waals surface area contributed by atoms with E-state index in [1.807, 2.05) is 0 Å². The molecule has 9 heteroatoms. The molecule has 1 fully saturated rings. The van der Waals surface area contributed by atoms with Crippen LogP contribution in [-0.2, 0) is 17.3 Å². The van der Waals surface area contributed by atoms with Gasteiger partial charge in [-0.25, -0.2) is 4.85 Å². The van der Waals surface area contributed by atoms with Crippen molar-refractivity contribution in [2.45, 2.75) is 12.0 Å². The molecule has 3 aromatic rings. The first-order valence-corrected chi connectivity index (χ1v) is 10.5. The van der Waals surface area contributed by atoms with Crippen molar-refractivity contribution in [3.8, 4) is 0 Å². The fourth-order valence-electron chi connectivity index (χ4n) is 3.94. The summed E-state index contributed by atoms with van der Waals surface area (Å²) in [6.45, 7) is 8.18. The molecule has 2 heterocycles. The predicted molar refractivity (Wildman–Crippen MR) is 120 cm³/mol. The summed E-state index contributed by atoms with van der Waals surface area (Å²) in [5.41, 5.74) is 1.28. The number of fused-ring (bicyclic) bond motifs is 1. The third-order valence-electron chi connectivity index (χ3n) is 5.58. The third-order valence-corrected chi connectivity index (χ3v) is 6.62. The molecule has 0 aliphatic carbocycles. The van der Waals surface area contributed by atoms with Crippen molar-refractivity contribution >= 4 is 62.5 Å². The van der Waals surface area contributed by atoms with Crippen molar-refractivity contribution in [1.29, 1.82) is 0 Å². The molecule has 1 saturated heterocycles. The van der Waals surface area contributed by atoms with E-state index in [4.69, 9.17) is 46.1 Å². The van der Waals surface area contributed by atoms with Crippen LogP contribution in [0.15, 0.2) is 36.4 Å². The van der Waals surface area contributed by atoms with E-state index in [0.29, 0.717) is 39.7 Å². The fraction of sp³-hybridized carbons (Fsp3) is 0.227. The SMILES string of the molecule is [C-]#[N+]c1cc(C(=O)Cl)ccc1C1(NC(=O)c2cc3c(Cl)c(Cl)ccc3n2C)CCOC1. The number of aryl methyl sites for hydroxylation is 1. The highest BCUT2D eigenvalue weighted by Crippen LogP contribution is 2.38. The number of rotatable bonds is 4. The van der Waals surface area contributed by atoms with E-state index in [1.54, 1.807) is 41.9 Å². The first-order chi connectivity index (χ1) is 14.8. The number of amides is 1. The van der Waals surface area contributed by atoms with Gasteiger partial charge in [-0.05, 0) is 47.9 Å². The van der Waals surface area contributed by atoms with Crippen LogP contribution in [0.1, 0.15) is 32.8 Å². The minimum Gasteiger partial charge on any atom is -0.379 e. The van der Waals surface area contributed by atoms with Crippen molar-refractivity contribution in [2.24, 2.45) is 7.05 Å². The molecule has 0 radical (unpaired) electrons. The van der Waals surface area contributed by atoms with Gasteiger partial charge in [-0.2, -0.15) is 0 Å². The Morgan fingerprint density at radius 3 is 2.65 bits per heavy atom. The number of hydrogen-bond acceptors (Lipinski definition) is 3. The number of carbonyl (C=O) groups is 2. The van der Waals surface area contributed by atoms with E-state index < -0.39 is 10.8 Å². The zero-order valence-electron chi connectivity index (χ0n) is 16.3. The molecule has 4 rings (SSSR count). The Labute approximate surface area is 193 Å². The lowest BCUT2D eigenvalue weighted by molar-refractivity contribution is 0.0868. The molecule has 158 valence electrons. The Kier molecular flexibility index (Phi) is 5.71. The van der Waals surface area contributed by atoms with Gasteiger partial charge < -0.3 is 14.6 Å². The number of ether oxygens (including phenoxy) is 1. The number of nitrogens with one attached hydrogen (secondary N) is 1. The summed E-state index contributed by atoms with van der Waals surface area (Å²) in [5.74, 6) is -0.343. The molecule has 1 aliphatic rings. The topological polar surface area (TPSA) is 64.7 Å². The summed E-state index contributed by atoms with van der Waals surface area (Å²) < 4.78 is 7.33. The second-order valence-corrected chi connectivity index (χ2v) is 8.47. The number of benzene rings is 2. The molecule has 1 N–H and O–H groups in total. The standard InChI is InChI=1S/C22H16Cl3N3O3/c1-26-16-9-12(20(25)29)3-4-14(16)22(7-8-31-11-22)27-21(30)18-10-13-17(28(18)2)6-5-15(23)19(13)24/h3-6,9-10H,7-8,11H2,2H3,(H,27,30). The molecule has 1 amide bonds. The van der Waals surface area contributed by atoms with Crippen molar-refractivity contribution in [3.63, 3.8) is 0 Å². The van der Waals surface area contributed by atoms with Crippen LogP contribution in [-0.4, -0.2) is 28.9 Å². The average molecular weight is 477 g/mol. The fourth-order valence-corrected chi connectivity index (χ4v) is 4.44. The van der Waals surface area contributed by atoms with Crippen LogP contribution in [0.5, 0.6) is 0 Å². The summed E-state index contributed by atoms with van der Waals surface area (Å²) in [7, 11) is 1.77. The lowest BCUT2D eigenvalue weighted by Gasteiger charge is -2.31. The predicted octanol–water partition coefficient (Wildman–Crippen LogP) is 5.46. The first-order valence-electron chi connectivity index (χ1n) is 9.33. The molecule has 1 atom stereocenters. The van der Waals surface area contributed by atoms with E-state index in [-0.39, 0.29) is 23.8 Å². The maximum absolute atomic E-state index is 13.3. The maximum Gasteiger partial charge on any atom is 0.268 e. The molecule has 2 aromatic carbocycles. The lowest BCUT2D eigenvalue weighted by Crippen LogP contribution is -2.47. The van der Waals surface area contributed by atoms with Crippen molar-refractivity contribution in [3.05, 3.63) is 74.7 Å². The van der Waals surface area contributed by atoms with Gasteiger partial charge in [-0.15, -0.1) is 0 Å². The average Bonchev–Trinajstić information content (AvgIpc) is 3.36. The van der Waals surface area contributed by atoms with Crippen LogP contribution in [0.25, 0.3) is 15.7 Å². The zero-order valence-corrected chi connectivity index (χ0v) is 18.6. The van der Waals surface area contributed by atoms with E-state index in [2.05, 4.69) is 10.2 Å². The third kappa shape index (κ3) is 3.68. The Bertz CT molecular complexity index is 1270. The molecule has 31 heavy (non-hydrogen) atoms. The number of aromatic nitrogens is 1. The minimum atomic E-state index is -0.914. The van der Waals surface area contributed by atoms with Gasteiger partial charge in [-0.1, -0.05) is 35.3 Å². The van der Waals surface area contributed by atoms with Crippen LogP contribution in [0.3, 0.4) is 0 Å². The molecular formula is C22H16Cl3N3O3. The highest BCUT2D eigenvalue weighted by atomic mass is 35.5.